The first kappa shape index (κ1) is 15.2. The number of carbonyl (C=O) groups is 1. The topological polar surface area (TPSA) is 46.9 Å². The second-order valence-electron chi connectivity index (χ2n) is 5.82. The van der Waals surface area contributed by atoms with Gasteiger partial charge < -0.3 is 5.32 Å². The molecule has 1 amide bonds. The van der Waals surface area contributed by atoms with Gasteiger partial charge in [-0.15, -0.1) is 0 Å². The first-order valence-corrected chi connectivity index (χ1v) is 8.81. The molecule has 0 saturated heterocycles. The lowest BCUT2D eigenvalue weighted by Gasteiger charge is -2.12. The Morgan fingerprint density at radius 3 is 2.68 bits per heavy atom. The molecule has 1 aromatic heterocycles. The summed E-state index contributed by atoms with van der Waals surface area (Å²) >= 11 is 1.85. The van der Waals surface area contributed by atoms with Gasteiger partial charge in [-0.1, -0.05) is 13.0 Å². The second-order valence-corrected chi connectivity index (χ2v) is 6.81. The number of fused-ring (bicyclic) bond motifs is 1. The number of carbonyl (C=O) groups excluding carboxylic acids is 1. The molecule has 0 atom stereocenters. The van der Waals surface area contributed by atoms with Gasteiger partial charge in [0, 0.05) is 23.5 Å². The van der Waals surface area contributed by atoms with Crippen LogP contribution < -0.4 is 5.32 Å². The van der Waals surface area contributed by atoms with Crippen LogP contribution >= 0.6 is 11.8 Å². The second kappa shape index (κ2) is 6.16. The molecule has 2 heterocycles. The van der Waals surface area contributed by atoms with Crippen molar-refractivity contribution < 1.29 is 4.79 Å². The van der Waals surface area contributed by atoms with Crippen LogP contribution in [0.4, 0.5) is 5.82 Å². The zero-order chi connectivity index (χ0) is 15.7. The lowest BCUT2D eigenvalue weighted by molar-refractivity contribution is -0.116. The molecule has 0 bridgehead atoms. The largest absolute Gasteiger partial charge is 0.310 e. The molecule has 1 aliphatic rings. The summed E-state index contributed by atoms with van der Waals surface area (Å²) in [6.07, 6.45) is 1.39. The molecule has 1 aliphatic heterocycles. The number of hydrogen-bond acceptors (Lipinski definition) is 3. The molecule has 0 aliphatic carbocycles. The molecule has 22 heavy (non-hydrogen) atoms. The number of nitrogens with zero attached hydrogens (tertiary/aromatic N) is 2. The van der Waals surface area contributed by atoms with E-state index in [2.05, 4.69) is 37.4 Å². The average Bonchev–Trinajstić information content (AvgIpc) is 3.00. The van der Waals surface area contributed by atoms with Crippen molar-refractivity contribution in [3.05, 3.63) is 40.6 Å². The van der Waals surface area contributed by atoms with Gasteiger partial charge in [0.25, 0.3) is 0 Å². The lowest BCUT2D eigenvalue weighted by Crippen LogP contribution is -2.15. The quantitative estimate of drug-likeness (QED) is 0.928. The van der Waals surface area contributed by atoms with Crippen LogP contribution in [-0.4, -0.2) is 15.7 Å². The molecule has 2 aromatic rings. The van der Waals surface area contributed by atoms with Crippen LogP contribution in [0, 0.1) is 13.8 Å². The molecule has 0 spiro atoms. The zero-order valence-corrected chi connectivity index (χ0v) is 14.1. The van der Waals surface area contributed by atoms with Crippen LogP contribution in [-0.2, 0) is 16.3 Å². The lowest BCUT2D eigenvalue weighted by atomic mass is 10.1. The van der Waals surface area contributed by atoms with E-state index in [-0.39, 0.29) is 5.91 Å². The van der Waals surface area contributed by atoms with E-state index >= 15 is 0 Å². The SMILES string of the molecule is CCCC(=O)Nc1c2c(nn1-c1cc(C)cc(C)c1)CSC2. The third-order valence-corrected chi connectivity index (χ3v) is 4.71. The zero-order valence-electron chi connectivity index (χ0n) is 13.3. The van der Waals surface area contributed by atoms with E-state index in [1.54, 1.807) is 0 Å². The third kappa shape index (κ3) is 2.90. The molecule has 0 unspecified atom stereocenters. The summed E-state index contributed by atoms with van der Waals surface area (Å²) in [5.41, 5.74) is 5.69. The summed E-state index contributed by atoms with van der Waals surface area (Å²) in [6, 6.07) is 6.36. The van der Waals surface area contributed by atoms with Gasteiger partial charge in [0.15, 0.2) is 0 Å². The molecule has 0 radical (unpaired) electrons. The summed E-state index contributed by atoms with van der Waals surface area (Å²) in [7, 11) is 0. The molecule has 0 saturated carbocycles. The highest BCUT2D eigenvalue weighted by molar-refractivity contribution is 7.98. The van der Waals surface area contributed by atoms with Gasteiger partial charge in [0.05, 0.1) is 11.4 Å². The van der Waals surface area contributed by atoms with E-state index in [0.29, 0.717) is 6.42 Å². The van der Waals surface area contributed by atoms with Crippen LogP contribution in [0.25, 0.3) is 5.69 Å². The maximum absolute atomic E-state index is 12.1. The number of hydrogen-bond donors (Lipinski definition) is 1. The molecule has 3 rings (SSSR count). The predicted molar refractivity (Wildman–Crippen MR) is 91.6 cm³/mol. The van der Waals surface area contributed by atoms with Gasteiger partial charge in [-0.05, 0) is 43.5 Å². The van der Waals surface area contributed by atoms with Crippen LogP contribution in [0.15, 0.2) is 18.2 Å². The number of aromatic nitrogens is 2. The number of amides is 1. The van der Waals surface area contributed by atoms with E-state index in [1.807, 2.05) is 23.4 Å². The molecule has 116 valence electrons. The number of thioether (sulfide) groups is 1. The van der Waals surface area contributed by atoms with E-state index in [9.17, 15) is 4.79 Å². The van der Waals surface area contributed by atoms with Crippen LogP contribution in [0.5, 0.6) is 0 Å². The highest BCUT2D eigenvalue weighted by Gasteiger charge is 2.24. The van der Waals surface area contributed by atoms with Crippen molar-refractivity contribution in [3.8, 4) is 5.69 Å². The molecule has 1 N–H and O–H groups in total. The highest BCUT2D eigenvalue weighted by atomic mass is 32.2. The summed E-state index contributed by atoms with van der Waals surface area (Å²) in [4.78, 5) is 12.1. The molecule has 5 heteroatoms. The van der Waals surface area contributed by atoms with Crippen molar-refractivity contribution in [2.45, 2.75) is 45.1 Å². The minimum atomic E-state index is 0.0627. The van der Waals surface area contributed by atoms with Gasteiger partial charge in [-0.25, -0.2) is 4.68 Å². The Balaban J connectivity index is 2.05. The standard InChI is InChI=1S/C17H21N3OS/c1-4-5-16(21)18-17-14-9-22-10-15(14)19-20(17)13-7-11(2)6-12(3)8-13/h6-8H,4-5,9-10H2,1-3H3,(H,18,21). The Labute approximate surface area is 135 Å². The maximum atomic E-state index is 12.1. The van der Waals surface area contributed by atoms with E-state index < -0.39 is 0 Å². The number of anilines is 1. The Morgan fingerprint density at radius 1 is 1.27 bits per heavy atom. The van der Waals surface area contributed by atoms with Gasteiger partial charge in [0.1, 0.15) is 5.82 Å². The van der Waals surface area contributed by atoms with E-state index in [4.69, 9.17) is 5.10 Å². The third-order valence-electron chi connectivity index (χ3n) is 3.74. The Kier molecular flexibility index (Phi) is 4.25. The molecule has 0 fully saturated rings. The highest BCUT2D eigenvalue weighted by Crippen LogP contribution is 2.36. The van der Waals surface area contributed by atoms with E-state index in [1.165, 1.54) is 16.7 Å². The molecule has 4 nitrogen and oxygen atoms in total. The summed E-state index contributed by atoms with van der Waals surface area (Å²) in [6.45, 7) is 6.18. The van der Waals surface area contributed by atoms with E-state index in [0.717, 1.165) is 35.1 Å². The molecule has 1 aromatic carbocycles. The van der Waals surface area contributed by atoms with Crippen molar-refractivity contribution in [3.63, 3.8) is 0 Å². The number of aryl methyl sites for hydroxylation is 2. The Morgan fingerprint density at radius 2 is 2.00 bits per heavy atom. The monoisotopic (exact) mass is 315 g/mol. The predicted octanol–water partition coefficient (Wildman–Crippen LogP) is 3.97. The van der Waals surface area contributed by atoms with Crippen molar-refractivity contribution in [2.24, 2.45) is 0 Å². The van der Waals surface area contributed by atoms with Crippen molar-refractivity contribution in [2.75, 3.05) is 5.32 Å². The fraction of sp³-hybridized carbons (Fsp3) is 0.412. The Hall–Kier alpha value is -1.75. The normalized spacial score (nSPS) is 13.2. The van der Waals surface area contributed by atoms with Gasteiger partial charge in [-0.2, -0.15) is 16.9 Å². The van der Waals surface area contributed by atoms with Gasteiger partial charge in [-0.3, -0.25) is 4.79 Å². The summed E-state index contributed by atoms with van der Waals surface area (Å²) in [5.74, 6) is 2.75. The van der Waals surface area contributed by atoms with Gasteiger partial charge >= 0.3 is 0 Å². The van der Waals surface area contributed by atoms with Crippen molar-refractivity contribution >= 4 is 23.5 Å². The molecular formula is C17H21N3OS. The van der Waals surface area contributed by atoms with Crippen LogP contribution in [0.1, 0.15) is 42.1 Å². The first-order chi connectivity index (χ1) is 10.6. The molecular weight excluding hydrogens is 294 g/mol. The van der Waals surface area contributed by atoms with Gasteiger partial charge in [0.2, 0.25) is 5.91 Å². The fourth-order valence-corrected chi connectivity index (χ4v) is 3.86. The average molecular weight is 315 g/mol. The minimum absolute atomic E-state index is 0.0627. The smallest absolute Gasteiger partial charge is 0.225 e. The summed E-state index contributed by atoms with van der Waals surface area (Å²) in [5, 5.41) is 7.81. The maximum Gasteiger partial charge on any atom is 0.225 e. The minimum Gasteiger partial charge on any atom is -0.310 e. The Bertz CT molecular complexity index is 701. The fourth-order valence-electron chi connectivity index (χ4n) is 2.82. The van der Waals surface area contributed by atoms with Crippen molar-refractivity contribution in [1.82, 2.24) is 9.78 Å². The summed E-state index contributed by atoms with van der Waals surface area (Å²) < 4.78 is 1.90. The first-order valence-electron chi connectivity index (χ1n) is 7.65. The number of nitrogens with one attached hydrogen (secondary N) is 1. The van der Waals surface area contributed by atoms with Crippen LogP contribution in [0.2, 0.25) is 0 Å². The number of benzene rings is 1. The van der Waals surface area contributed by atoms with Crippen molar-refractivity contribution in [1.29, 1.82) is 0 Å². The van der Waals surface area contributed by atoms with Crippen LogP contribution in [0.3, 0.4) is 0 Å². The number of rotatable bonds is 4.